The Kier molecular flexibility index (Phi) is 5.24. The minimum atomic E-state index is -0.469. The summed E-state index contributed by atoms with van der Waals surface area (Å²) in [5.41, 5.74) is 6.90. The molecule has 0 radical (unpaired) electrons. The molecule has 114 valence electrons. The predicted octanol–water partition coefficient (Wildman–Crippen LogP) is 1.64. The molecule has 1 aromatic rings. The van der Waals surface area contributed by atoms with E-state index >= 15 is 0 Å². The molecule has 0 aliphatic rings. The zero-order valence-electron chi connectivity index (χ0n) is 12.9. The number of carbonyl (C=O) groups is 1. The van der Waals surface area contributed by atoms with E-state index in [2.05, 4.69) is 15.7 Å². The summed E-state index contributed by atoms with van der Waals surface area (Å²) >= 11 is 0. The molecule has 0 unspecified atom stereocenters. The molecule has 0 spiro atoms. The second kappa shape index (κ2) is 6.49. The van der Waals surface area contributed by atoms with E-state index in [4.69, 9.17) is 10.5 Å². The molecule has 7 heteroatoms. The summed E-state index contributed by atoms with van der Waals surface area (Å²) in [6, 6.07) is 0. The molecule has 0 saturated carbocycles. The minimum Gasteiger partial charge on any atom is -0.444 e. The van der Waals surface area contributed by atoms with Crippen molar-refractivity contribution in [2.75, 3.05) is 24.1 Å². The first-order valence-electron chi connectivity index (χ1n) is 6.70. The number of rotatable bonds is 5. The van der Waals surface area contributed by atoms with Gasteiger partial charge in [-0.2, -0.15) is 5.10 Å². The van der Waals surface area contributed by atoms with Gasteiger partial charge in [0.05, 0.1) is 11.4 Å². The monoisotopic (exact) mass is 283 g/mol. The van der Waals surface area contributed by atoms with Crippen LogP contribution in [0.4, 0.5) is 16.3 Å². The molecule has 1 amide bonds. The normalized spacial score (nSPS) is 11.2. The average Bonchev–Trinajstić information content (AvgIpc) is 2.52. The minimum absolute atomic E-state index is 0.395. The summed E-state index contributed by atoms with van der Waals surface area (Å²) in [6.07, 6.45) is 0.372. The molecular formula is C13H25N5O2. The van der Waals surface area contributed by atoms with Crippen molar-refractivity contribution in [1.82, 2.24) is 15.1 Å². The lowest BCUT2D eigenvalue weighted by Gasteiger charge is -2.19. The Morgan fingerprint density at radius 2 is 2.05 bits per heavy atom. The van der Waals surface area contributed by atoms with Crippen molar-refractivity contribution in [3.05, 3.63) is 5.69 Å². The summed E-state index contributed by atoms with van der Waals surface area (Å²) in [6.45, 7) is 8.60. The number of amides is 1. The third kappa shape index (κ3) is 4.99. The van der Waals surface area contributed by atoms with Crippen LogP contribution in [0.15, 0.2) is 0 Å². The van der Waals surface area contributed by atoms with Gasteiger partial charge in [0.2, 0.25) is 0 Å². The SMILES string of the molecule is Cc1nn(C)c(NCCCNC(=O)OC(C)(C)C)c1N. The van der Waals surface area contributed by atoms with Crippen molar-refractivity contribution in [2.24, 2.45) is 7.05 Å². The number of hydrogen-bond acceptors (Lipinski definition) is 5. The van der Waals surface area contributed by atoms with E-state index in [-0.39, 0.29) is 0 Å². The topological polar surface area (TPSA) is 94.2 Å². The molecule has 0 saturated heterocycles. The highest BCUT2D eigenvalue weighted by molar-refractivity contribution is 5.67. The molecule has 1 aromatic heterocycles. The molecule has 20 heavy (non-hydrogen) atoms. The largest absolute Gasteiger partial charge is 0.444 e. The van der Waals surface area contributed by atoms with Crippen LogP contribution >= 0.6 is 0 Å². The van der Waals surface area contributed by atoms with Crippen LogP contribution in [-0.4, -0.2) is 34.6 Å². The van der Waals surface area contributed by atoms with Crippen molar-refractivity contribution in [1.29, 1.82) is 0 Å². The lowest BCUT2D eigenvalue weighted by atomic mass is 10.2. The van der Waals surface area contributed by atoms with Crippen molar-refractivity contribution >= 4 is 17.6 Å². The smallest absolute Gasteiger partial charge is 0.407 e. The van der Waals surface area contributed by atoms with Crippen LogP contribution < -0.4 is 16.4 Å². The Morgan fingerprint density at radius 1 is 1.40 bits per heavy atom. The van der Waals surface area contributed by atoms with Crippen LogP contribution in [0.5, 0.6) is 0 Å². The molecule has 0 bridgehead atoms. The number of anilines is 2. The Balaban J connectivity index is 2.24. The van der Waals surface area contributed by atoms with E-state index < -0.39 is 11.7 Å². The van der Waals surface area contributed by atoms with E-state index in [1.807, 2.05) is 34.7 Å². The Labute approximate surface area is 119 Å². The summed E-state index contributed by atoms with van der Waals surface area (Å²) in [5.74, 6) is 0.805. The number of ether oxygens (including phenoxy) is 1. The van der Waals surface area contributed by atoms with Gasteiger partial charge >= 0.3 is 6.09 Å². The fourth-order valence-corrected chi connectivity index (χ4v) is 1.68. The van der Waals surface area contributed by atoms with Crippen LogP contribution in [-0.2, 0) is 11.8 Å². The van der Waals surface area contributed by atoms with Gasteiger partial charge in [-0.1, -0.05) is 0 Å². The lowest BCUT2D eigenvalue weighted by Crippen LogP contribution is -2.33. The number of nitrogen functional groups attached to an aromatic ring is 1. The molecule has 0 atom stereocenters. The van der Waals surface area contributed by atoms with Gasteiger partial charge in [-0.3, -0.25) is 4.68 Å². The maximum atomic E-state index is 11.4. The van der Waals surface area contributed by atoms with Crippen molar-refractivity contribution < 1.29 is 9.53 Å². The van der Waals surface area contributed by atoms with Gasteiger partial charge in [0, 0.05) is 20.1 Å². The second-order valence-corrected chi connectivity index (χ2v) is 5.68. The van der Waals surface area contributed by atoms with Gasteiger partial charge in [0.15, 0.2) is 0 Å². The number of nitrogens with zero attached hydrogens (tertiary/aromatic N) is 2. The highest BCUT2D eigenvalue weighted by Crippen LogP contribution is 2.20. The fourth-order valence-electron chi connectivity index (χ4n) is 1.68. The molecular weight excluding hydrogens is 258 g/mol. The number of nitrogens with two attached hydrogens (primary N) is 1. The molecule has 7 nitrogen and oxygen atoms in total. The number of aromatic nitrogens is 2. The Bertz CT molecular complexity index is 462. The molecule has 4 N–H and O–H groups in total. The Hall–Kier alpha value is -1.92. The third-order valence-corrected chi connectivity index (χ3v) is 2.58. The van der Waals surface area contributed by atoms with Crippen molar-refractivity contribution in [2.45, 2.75) is 39.7 Å². The predicted molar refractivity (Wildman–Crippen MR) is 79.7 cm³/mol. The number of nitrogens with one attached hydrogen (secondary N) is 2. The lowest BCUT2D eigenvalue weighted by molar-refractivity contribution is 0.0528. The van der Waals surface area contributed by atoms with Gasteiger partial charge in [-0.15, -0.1) is 0 Å². The first-order valence-corrected chi connectivity index (χ1v) is 6.70. The van der Waals surface area contributed by atoms with Gasteiger partial charge in [0.25, 0.3) is 0 Å². The quantitative estimate of drug-likeness (QED) is 0.714. The van der Waals surface area contributed by atoms with Crippen LogP contribution in [0.3, 0.4) is 0 Å². The third-order valence-electron chi connectivity index (χ3n) is 2.58. The van der Waals surface area contributed by atoms with E-state index in [0.717, 1.165) is 17.9 Å². The molecule has 0 aliphatic heterocycles. The highest BCUT2D eigenvalue weighted by atomic mass is 16.6. The average molecular weight is 283 g/mol. The van der Waals surface area contributed by atoms with Crippen LogP contribution in [0, 0.1) is 6.92 Å². The zero-order valence-corrected chi connectivity index (χ0v) is 12.9. The number of aryl methyl sites for hydroxylation is 2. The highest BCUT2D eigenvalue weighted by Gasteiger charge is 2.15. The van der Waals surface area contributed by atoms with E-state index in [1.54, 1.807) is 4.68 Å². The second-order valence-electron chi connectivity index (χ2n) is 5.68. The van der Waals surface area contributed by atoms with Crippen molar-refractivity contribution in [3.63, 3.8) is 0 Å². The van der Waals surface area contributed by atoms with E-state index in [1.165, 1.54) is 0 Å². The summed E-state index contributed by atoms with van der Waals surface area (Å²) in [5, 5.41) is 10.1. The number of carbonyl (C=O) groups excluding carboxylic acids is 1. The van der Waals surface area contributed by atoms with Crippen LogP contribution in [0.1, 0.15) is 32.9 Å². The summed E-state index contributed by atoms with van der Waals surface area (Å²) in [7, 11) is 1.84. The molecule has 0 aromatic carbocycles. The van der Waals surface area contributed by atoms with Crippen LogP contribution in [0.25, 0.3) is 0 Å². The van der Waals surface area contributed by atoms with Gasteiger partial charge in [-0.05, 0) is 34.1 Å². The molecule has 0 aliphatic carbocycles. The number of hydrogen-bond donors (Lipinski definition) is 3. The van der Waals surface area contributed by atoms with Crippen LogP contribution in [0.2, 0.25) is 0 Å². The van der Waals surface area contributed by atoms with Crippen molar-refractivity contribution in [3.8, 4) is 0 Å². The molecule has 1 rings (SSSR count). The standard InChI is InChI=1S/C13H25N5O2/c1-9-10(14)11(18(5)17-9)15-7-6-8-16-12(19)20-13(2,3)4/h15H,6-8,14H2,1-5H3,(H,16,19). The molecule has 0 fully saturated rings. The number of alkyl carbamates (subject to hydrolysis) is 1. The maximum absolute atomic E-state index is 11.4. The van der Waals surface area contributed by atoms with Gasteiger partial charge in [-0.25, -0.2) is 4.79 Å². The Morgan fingerprint density at radius 3 is 2.55 bits per heavy atom. The van der Waals surface area contributed by atoms with E-state index in [0.29, 0.717) is 18.8 Å². The first-order chi connectivity index (χ1) is 9.20. The molecule has 1 heterocycles. The fraction of sp³-hybridized carbons (Fsp3) is 0.692. The first kappa shape index (κ1) is 16.1. The zero-order chi connectivity index (χ0) is 15.3. The van der Waals surface area contributed by atoms with E-state index in [9.17, 15) is 4.79 Å². The maximum Gasteiger partial charge on any atom is 0.407 e. The van der Waals surface area contributed by atoms with Gasteiger partial charge in [0.1, 0.15) is 11.4 Å². The summed E-state index contributed by atoms with van der Waals surface area (Å²) in [4.78, 5) is 11.4. The summed E-state index contributed by atoms with van der Waals surface area (Å²) < 4.78 is 6.85. The van der Waals surface area contributed by atoms with Gasteiger partial charge < -0.3 is 21.1 Å².